The highest BCUT2D eigenvalue weighted by atomic mass is 16.6. The number of hydrogen-bond donors (Lipinski definition) is 3. The minimum atomic E-state index is -0.988. The van der Waals surface area contributed by atoms with Crippen LogP contribution in [-0.4, -0.2) is 49.6 Å². The van der Waals surface area contributed by atoms with Crippen molar-refractivity contribution in [2.75, 3.05) is 31.7 Å². The first-order valence-corrected chi connectivity index (χ1v) is 6.64. The third kappa shape index (κ3) is 4.44. The molecule has 7 nitrogen and oxygen atoms in total. The first-order chi connectivity index (χ1) is 10.1. The van der Waals surface area contributed by atoms with Crippen molar-refractivity contribution in [1.82, 2.24) is 5.32 Å². The van der Waals surface area contributed by atoms with E-state index in [1.807, 2.05) is 0 Å². The molecule has 21 heavy (non-hydrogen) atoms. The number of nitrogens with one attached hydrogen (secondary N) is 2. The van der Waals surface area contributed by atoms with Crippen molar-refractivity contribution in [3.63, 3.8) is 0 Å². The summed E-state index contributed by atoms with van der Waals surface area (Å²) in [7, 11) is 0. The van der Waals surface area contributed by atoms with E-state index < -0.39 is 5.97 Å². The number of carboxylic acids is 1. The number of benzene rings is 1. The number of ether oxygens (including phenoxy) is 2. The second-order valence-corrected chi connectivity index (χ2v) is 4.74. The summed E-state index contributed by atoms with van der Waals surface area (Å²) in [4.78, 5) is 22.7. The zero-order valence-electron chi connectivity index (χ0n) is 11.7. The van der Waals surface area contributed by atoms with E-state index >= 15 is 0 Å². The summed E-state index contributed by atoms with van der Waals surface area (Å²) >= 11 is 0. The van der Waals surface area contributed by atoms with Gasteiger partial charge in [-0.3, -0.25) is 0 Å². The smallest absolute Gasteiger partial charge is 0.335 e. The number of urea groups is 1. The Balaban J connectivity index is 1.84. The molecule has 1 fully saturated rings. The van der Waals surface area contributed by atoms with Gasteiger partial charge < -0.3 is 25.2 Å². The summed E-state index contributed by atoms with van der Waals surface area (Å²) in [6.45, 7) is 3.62. The molecule has 1 atom stereocenters. The molecule has 3 N–H and O–H groups in total. The predicted molar refractivity (Wildman–Crippen MR) is 75.7 cm³/mol. The highest BCUT2D eigenvalue weighted by Gasteiger charge is 2.15. The fourth-order valence-electron chi connectivity index (χ4n) is 2.02. The van der Waals surface area contributed by atoms with Gasteiger partial charge in [0.25, 0.3) is 0 Å². The van der Waals surface area contributed by atoms with Crippen molar-refractivity contribution in [2.24, 2.45) is 0 Å². The normalized spacial score (nSPS) is 18.0. The lowest BCUT2D eigenvalue weighted by Gasteiger charge is -2.23. The Kier molecular flexibility index (Phi) is 5.13. The van der Waals surface area contributed by atoms with Gasteiger partial charge in [0.1, 0.15) is 0 Å². The van der Waals surface area contributed by atoms with Crippen LogP contribution < -0.4 is 10.6 Å². The predicted octanol–water partition coefficient (Wildman–Crippen LogP) is 1.23. The summed E-state index contributed by atoms with van der Waals surface area (Å²) < 4.78 is 10.6. The quantitative estimate of drug-likeness (QED) is 0.776. The Hall–Kier alpha value is -2.12. The third-order valence-electron chi connectivity index (χ3n) is 3.09. The molecule has 1 aromatic carbocycles. The minimum absolute atomic E-state index is 0.138. The fourth-order valence-corrected chi connectivity index (χ4v) is 2.02. The van der Waals surface area contributed by atoms with Gasteiger partial charge in [-0.05, 0) is 30.7 Å². The van der Waals surface area contributed by atoms with Crippen molar-refractivity contribution < 1.29 is 24.2 Å². The van der Waals surface area contributed by atoms with Crippen LogP contribution in [0.5, 0.6) is 0 Å². The molecule has 1 aromatic rings. The maximum Gasteiger partial charge on any atom is 0.335 e. The highest BCUT2D eigenvalue weighted by molar-refractivity contribution is 5.92. The van der Waals surface area contributed by atoms with E-state index in [4.69, 9.17) is 14.6 Å². The summed E-state index contributed by atoms with van der Waals surface area (Å²) in [5.74, 6) is -0.988. The van der Waals surface area contributed by atoms with Crippen LogP contribution in [0.15, 0.2) is 18.2 Å². The molecule has 0 aromatic heterocycles. The Bertz CT molecular complexity index is 526. The van der Waals surface area contributed by atoms with Gasteiger partial charge in [0, 0.05) is 12.2 Å². The van der Waals surface area contributed by atoms with Crippen molar-refractivity contribution in [2.45, 2.75) is 13.0 Å². The van der Waals surface area contributed by atoms with E-state index in [1.54, 1.807) is 19.1 Å². The second-order valence-electron chi connectivity index (χ2n) is 4.74. The van der Waals surface area contributed by atoms with Gasteiger partial charge >= 0.3 is 12.0 Å². The molecule has 2 rings (SSSR count). The number of aromatic carboxylic acids is 1. The Labute approximate surface area is 122 Å². The molecule has 0 saturated carbocycles. The number of amides is 2. The van der Waals surface area contributed by atoms with E-state index in [0.29, 0.717) is 37.6 Å². The van der Waals surface area contributed by atoms with Crippen LogP contribution >= 0.6 is 0 Å². The molecular weight excluding hydrogens is 276 g/mol. The van der Waals surface area contributed by atoms with Gasteiger partial charge in [-0.25, -0.2) is 9.59 Å². The fraction of sp³-hybridized carbons (Fsp3) is 0.429. The van der Waals surface area contributed by atoms with E-state index in [-0.39, 0.29) is 17.7 Å². The van der Waals surface area contributed by atoms with Crippen molar-refractivity contribution in [1.29, 1.82) is 0 Å². The lowest BCUT2D eigenvalue weighted by Crippen LogP contribution is -2.41. The molecule has 2 amide bonds. The third-order valence-corrected chi connectivity index (χ3v) is 3.09. The standard InChI is InChI=1S/C14H18N2O5/c1-9-6-10(2-3-12(9)13(17)18)16-14(19)15-7-11-8-20-4-5-21-11/h2-3,6,11H,4-5,7-8H2,1H3,(H,17,18)(H2,15,16,19). The van der Waals surface area contributed by atoms with E-state index in [9.17, 15) is 9.59 Å². The number of hydrogen-bond acceptors (Lipinski definition) is 4. The zero-order chi connectivity index (χ0) is 15.2. The summed E-state index contributed by atoms with van der Waals surface area (Å²) in [5, 5.41) is 14.3. The Morgan fingerprint density at radius 2 is 2.19 bits per heavy atom. The maximum atomic E-state index is 11.8. The molecule has 1 unspecified atom stereocenters. The van der Waals surface area contributed by atoms with Gasteiger partial charge in [0.2, 0.25) is 0 Å². The van der Waals surface area contributed by atoms with Crippen LogP contribution in [0.3, 0.4) is 0 Å². The minimum Gasteiger partial charge on any atom is -0.478 e. The molecule has 1 aliphatic rings. The molecule has 0 radical (unpaired) electrons. The lowest BCUT2D eigenvalue weighted by atomic mass is 10.1. The van der Waals surface area contributed by atoms with Gasteiger partial charge in [-0.15, -0.1) is 0 Å². The van der Waals surface area contributed by atoms with E-state index in [0.717, 1.165) is 0 Å². The molecule has 1 heterocycles. The molecule has 0 bridgehead atoms. The average molecular weight is 294 g/mol. The first kappa shape index (κ1) is 15.3. The molecule has 0 spiro atoms. The number of anilines is 1. The van der Waals surface area contributed by atoms with Crippen LogP contribution in [0.1, 0.15) is 15.9 Å². The van der Waals surface area contributed by atoms with Crippen LogP contribution in [0.25, 0.3) is 0 Å². The molecule has 0 aliphatic carbocycles. The maximum absolute atomic E-state index is 11.8. The van der Waals surface area contributed by atoms with E-state index in [1.165, 1.54) is 6.07 Å². The summed E-state index contributed by atoms with van der Waals surface area (Å²) in [6, 6.07) is 4.26. The molecular formula is C14H18N2O5. The SMILES string of the molecule is Cc1cc(NC(=O)NCC2COCCO2)ccc1C(=O)O. The molecule has 1 aliphatic heterocycles. The highest BCUT2D eigenvalue weighted by Crippen LogP contribution is 2.15. The molecule has 1 saturated heterocycles. The molecule has 114 valence electrons. The van der Waals surface area contributed by atoms with Gasteiger partial charge in [-0.1, -0.05) is 0 Å². The second kappa shape index (κ2) is 7.05. The zero-order valence-corrected chi connectivity index (χ0v) is 11.7. The van der Waals surface area contributed by atoms with Crippen LogP contribution in [-0.2, 0) is 9.47 Å². The Morgan fingerprint density at radius 1 is 1.38 bits per heavy atom. The number of carbonyl (C=O) groups excluding carboxylic acids is 1. The van der Waals surface area contributed by atoms with Crippen molar-refractivity contribution in [3.05, 3.63) is 29.3 Å². The van der Waals surface area contributed by atoms with Crippen molar-refractivity contribution >= 4 is 17.7 Å². The number of carboxylic acid groups (broad SMARTS) is 1. The topological polar surface area (TPSA) is 96.9 Å². The monoisotopic (exact) mass is 294 g/mol. The first-order valence-electron chi connectivity index (χ1n) is 6.64. The lowest BCUT2D eigenvalue weighted by molar-refractivity contribution is -0.0852. The van der Waals surface area contributed by atoms with Crippen molar-refractivity contribution in [3.8, 4) is 0 Å². The van der Waals surface area contributed by atoms with Crippen LogP contribution in [0.4, 0.5) is 10.5 Å². The Morgan fingerprint density at radius 3 is 2.81 bits per heavy atom. The number of rotatable bonds is 4. The van der Waals surface area contributed by atoms with E-state index in [2.05, 4.69) is 10.6 Å². The summed E-state index contributed by atoms with van der Waals surface area (Å²) in [6.07, 6.45) is -0.138. The number of aryl methyl sites for hydroxylation is 1. The molecule has 7 heteroatoms. The summed E-state index contributed by atoms with van der Waals surface area (Å²) in [5.41, 5.74) is 1.34. The van der Waals surface area contributed by atoms with Gasteiger partial charge in [0.15, 0.2) is 0 Å². The largest absolute Gasteiger partial charge is 0.478 e. The number of carbonyl (C=O) groups is 2. The van der Waals surface area contributed by atoms with Crippen LogP contribution in [0, 0.1) is 6.92 Å². The van der Waals surface area contributed by atoms with Gasteiger partial charge in [-0.2, -0.15) is 0 Å². The van der Waals surface area contributed by atoms with Gasteiger partial charge in [0.05, 0.1) is 31.5 Å². The average Bonchev–Trinajstić information content (AvgIpc) is 2.46. The van der Waals surface area contributed by atoms with Crippen LogP contribution in [0.2, 0.25) is 0 Å².